The molecule has 2 N–H and O–H groups in total. The van der Waals surface area contributed by atoms with E-state index in [0.717, 1.165) is 6.07 Å². The molecule has 0 saturated carbocycles. The molecule has 142 valence electrons. The number of benzene rings is 2. The Bertz CT molecular complexity index is 898. The lowest BCUT2D eigenvalue weighted by molar-refractivity contribution is -0.355. The lowest BCUT2D eigenvalue weighted by Crippen LogP contribution is -2.45. The van der Waals surface area contributed by atoms with Gasteiger partial charge in [-0.15, -0.1) is 0 Å². The van der Waals surface area contributed by atoms with Crippen molar-refractivity contribution in [3.63, 3.8) is 0 Å². The van der Waals surface area contributed by atoms with Crippen LogP contribution in [0.25, 0.3) is 0 Å². The van der Waals surface area contributed by atoms with E-state index in [4.69, 9.17) is 0 Å². The molecule has 27 heavy (non-hydrogen) atoms. The smallest absolute Gasteiger partial charge is 0.350 e. The molecule has 2 aromatic rings. The van der Waals surface area contributed by atoms with Crippen molar-refractivity contribution in [1.82, 2.24) is 5.32 Å². The molecule has 9 heteroatoms. The number of oxime groups is 1. The molecule has 1 unspecified atom stereocenters. The fraction of sp³-hybridized carbons (Fsp3) is 0.222. The van der Waals surface area contributed by atoms with Gasteiger partial charge in [-0.2, -0.15) is 13.2 Å². The van der Waals surface area contributed by atoms with Crippen LogP contribution in [0.5, 0.6) is 0 Å². The predicted molar refractivity (Wildman–Crippen MR) is 87.3 cm³/mol. The summed E-state index contributed by atoms with van der Waals surface area (Å²) >= 11 is 0. The van der Waals surface area contributed by atoms with Crippen molar-refractivity contribution in [3.8, 4) is 0 Å². The zero-order valence-corrected chi connectivity index (χ0v) is 13.8. The van der Waals surface area contributed by atoms with E-state index < -0.39 is 30.1 Å². The van der Waals surface area contributed by atoms with Gasteiger partial charge in [-0.3, -0.25) is 4.79 Å². The molecular formula is C18H14F4N2O3. The Balaban J connectivity index is 1.67. The maximum Gasteiger partial charge on any atom is 0.458 e. The summed E-state index contributed by atoms with van der Waals surface area (Å²) in [6.45, 7) is 0.0703. The van der Waals surface area contributed by atoms with E-state index >= 15 is 0 Å². The van der Waals surface area contributed by atoms with Crippen molar-refractivity contribution in [2.24, 2.45) is 5.16 Å². The first-order valence-corrected chi connectivity index (χ1v) is 7.85. The summed E-state index contributed by atoms with van der Waals surface area (Å²) < 4.78 is 51.5. The van der Waals surface area contributed by atoms with E-state index in [9.17, 15) is 27.5 Å². The number of hydrogen-bond donors (Lipinski definition) is 2. The van der Waals surface area contributed by atoms with Crippen LogP contribution in [0.1, 0.15) is 27.9 Å². The zero-order valence-electron chi connectivity index (χ0n) is 13.8. The van der Waals surface area contributed by atoms with Crippen LogP contribution >= 0.6 is 0 Å². The van der Waals surface area contributed by atoms with Gasteiger partial charge in [0.2, 0.25) is 0 Å². The molecule has 1 heterocycles. The van der Waals surface area contributed by atoms with Crippen LogP contribution in [0.4, 0.5) is 17.6 Å². The van der Waals surface area contributed by atoms with Gasteiger partial charge in [-0.1, -0.05) is 29.4 Å². The molecule has 1 aliphatic heterocycles. The van der Waals surface area contributed by atoms with Gasteiger partial charge in [0.05, 0.1) is 12.1 Å². The van der Waals surface area contributed by atoms with Crippen molar-refractivity contribution in [3.05, 3.63) is 71.0 Å². The van der Waals surface area contributed by atoms with Gasteiger partial charge in [0.15, 0.2) is 0 Å². The van der Waals surface area contributed by atoms with Crippen LogP contribution in [0.15, 0.2) is 53.7 Å². The van der Waals surface area contributed by atoms with E-state index in [-0.39, 0.29) is 17.8 Å². The van der Waals surface area contributed by atoms with Crippen molar-refractivity contribution < 1.29 is 32.3 Å². The summed E-state index contributed by atoms with van der Waals surface area (Å²) in [6.07, 6.45) is -5.82. The van der Waals surface area contributed by atoms with Crippen molar-refractivity contribution in [2.45, 2.75) is 24.9 Å². The first kappa shape index (κ1) is 18.8. The van der Waals surface area contributed by atoms with E-state index in [2.05, 4.69) is 15.3 Å². The third-order valence-corrected chi connectivity index (χ3v) is 3.96. The van der Waals surface area contributed by atoms with E-state index in [1.165, 1.54) is 30.3 Å². The highest BCUT2D eigenvalue weighted by Crippen LogP contribution is 2.38. The molecule has 1 atom stereocenters. The Hall–Kier alpha value is -2.94. The third kappa shape index (κ3) is 4.08. The quantitative estimate of drug-likeness (QED) is 0.799. The van der Waals surface area contributed by atoms with Gasteiger partial charge in [-0.05, 0) is 35.4 Å². The Morgan fingerprint density at radius 1 is 1.22 bits per heavy atom. The predicted octanol–water partition coefficient (Wildman–Crippen LogP) is 3.13. The number of aliphatic hydroxyl groups is 1. The minimum absolute atomic E-state index is 0.0619. The first-order chi connectivity index (χ1) is 12.7. The monoisotopic (exact) mass is 382 g/mol. The number of rotatable bonds is 4. The second-order valence-electron chi connectivity index (χ2n) is 5.98. The van der Waals surface area contributed by atoms with Crippen LogP contribution in [0.3, 0.4) is 0 Å². The Morgan fingerprint density at radius 2 is 1.96 bits per heavy atom. The van der Waals surface area contributed by atoms with Crippen LogP contribution in [-0.4, -0.2) is 28.7 Å². The van der Waals surface area contributed by atoms with Gasteiger partial charge in [-0.25, -0.2) is 4.39 Å². The fourth-order valence-corrected chi connectivity index (χ4v) is 2.50. The second kappa shape index (κ2) is 6.99. The highest BCUT2D eigenvalue weighted by atomic mass is 19.4. The zero-order chi connectivity index (χ0) is 19.7. The first-order valence-electron chi connectivity index (χ1n) is 7.85. The Morgan fingerprint density at radius 3 is 2.63 bits per heavy atom. The number of carbonyl (C=O) groups excluding carboxylic acids is 1. The maximum absolute atomic E-state index is 13.2. The average Bonchev–Trinajstić information content (AvgIpc) is 3.03. The molecular weight excluding hydrogens is 368 g/mol. The van der Waals surface area contributed by atoms with Crippen LogP contribution in [0.2, 0.25) is 0 Å². The summed E-state index contributed by atoms with van der Waals surface area (Å²) in [5.41, 5.74) is 0.998. The number of nitrogens with zero attached hydrogens (tertiary/aromatic N) is 1. The standard InChI is InChI=1S/C18H14F4N2O3/c19-14-6-2-5-13(8-14)16(25)23-10-11-3-1-4-12(7-11)15-9-17(26,27-24-15)18(20,21)22/h1-8,26H,9-10H2,(H,23,25). The van der Waals surface area contributed by atoms with E-state index in [1.54, 1.807) is 12.1 Å². The SMILES string of the molecule is O=C(NCc1cccc(C2=NOC(O)(C(F)(F)F)C2)c1)c1cccc(F)c1. The van der Waals surface area contributed by atoms with Crippen LogP contribution in [-0.2, 0) is 11.4 Å². The average molecular weight is 382 g/mol. The van der Waals surface area contributed by atoms with Crippen molar-refractivity contribution in [1.29, 1.82) is 0 Å². The second-order valence-corrected chi connectivity index (χ2v) is 5.98. The molecule has 0 spiro atoms. The fourth-order valence-electron chi connectivity index (χ4n) is 2.50. The van der Waals surface area contributed by atoms with Gasteiger partial charge < -0.3 is 15.3 Å². The van der Waals surface area contributed by atoms with Crippen molar-refractivity contribution >= 4 is 11.6 Å². The number of hydrogen-bond acceptors (Lipinski definition) is 4. The molecule has 0 radical (unpaired) electrons. The van der Waals surface area contributed by atoms with Crippen LogP contribution < -0.4 is 5.32 Å². The van der Waals surface area contributed by atoms with E-state index in [0.29, 0.717) is 11.1 Å². The van der Waals surface area contributed by atoms with Gasteiger partial charge in [0.1, 0.15) is 5.82 Å². The summed E-state index contributed by atoms with van der Waals surface area (Å²) in [6, 6.07) is 11.4. The van der Waals surface area contributed by atoms with Gasteiger partial charge in [0, 0.05) is 12.1 Å². The van der Waals surface area contributed by atoms with Gasteiger partial charge >= 0.3 is 12.0 Å². The summed E-state index contributed by atoms with van der Waals surface area (Å²) in [5.74, 6) is -4.38. The molecule has 3 rings (SSSR count). The van der Waals surface area contributed by atoms with E-state index in [1.807, 2.05) is 0 Å². The summed E-state index contributed by atoms with van der Waals surface area (Å²) in [5, 5.41) is 15.4. The van der Waals surface area contributed by atoms with Crippen LogP contribution in [0, 0.1) is 5.82 Å². The molecule has 2 aromatic carbocycles. The molecule has 0 fully saturated rings. The molecule has 0 aromatic heterocycles. The molecule has 1 amide bonds. The minimum atomic E-state index is -4.98. The lowest BCUT2D eigenvalue weighted by Gasteiger charge is -2.22. The van der Waals surface area contributed by atoms with Crippen molar-refractivity contribution in [2.75, 3.05) is 0 Å². The number of alkyl halides is 3. The molecule has 5 nitrogen and oxygen atoms in total. The molecule has 0 aliphatic carbocycles. The summed E-state index contributed by atoms with van der Waals surface area (Å²) in [7, 11) is 0. The Labute approximate surface area is 151 Å². The minimum Gasteiger partial charge on any atom is -0.350 e. The Kier molecular flexibility index (Phi) is 4.88. The number of halogens is 4. The topological polar surface area (TPSA) is 70.9 Å². The number of nitrogens with one attached hydrogen (secondary N) is 1. The molecule has 1 aliphatic rings. The summed E-state index contributed by atoms with van der Waals surface area (Å²) in [4.78, 5) is 16.2. The molecule has 0 saturated heterocycles. The molecule has 0 bridgehead atoms. The maximum atomic E-state index is 13.2. The van der Waals surface area contributed by atoms with Gasteiger partial charge in [0.25, 0.3) is 5.91 Å². The normalized spacial score (nSPS) is 19.4. The highest BCUT2D eigenvalue weighted by molar-refractivity contribution is 6.01. The number of amides is 1. The number of carbonyl (C=O) groups is 1. The lowest BCUT2D eigenvalue weighted by atomic mass is 10.0. The third-order valence-electron chi connectivity index (χ3n) is 3.96. The highest BCUT2D eigenvalue weighted by Gasteiger charge is 2.60. The largest absolute Gasteiger partial charge is 0.458 e.